The van der Waals surface area contributed by atoms with Gasteiger partial charge in [-0.1, -0.05) is 66.4 Å². The van der Waals surface area contributed by atoms with Crippen LogP contribution in [0.1, 0.15) is 22.8 Å². The van der Waals surface area contributed by atoms with Crippen LogP contribution in [-0.4, -0.2) is 32.2 Å². The minimum Gasteiger partial charge on any atom is -0.325 e. The van der Waals surface area contributed by atoms with E-state index in [4.69, 9.17) is 0 Å². The second-order valence-corrected chi connectivity index (χ2v) is 8.26. The van der Waals surface area contributed by atoms with Crippen molar-refractivity contribution in [3.63, 3.8) is 0 Å². The first-order valence-electron chi connectivity index (χ1n) is 10.1. The van der Waals surface area contributed by atoms with Gasteiger partial charge in [0, 0.05) is 22.5 Å². The van der Waals surface area contributed by atoms with Crippen LogP contribution in [0.15, 0.2) is 84.0 Å². The van der Waals surface area contributed by atoms with Crippen LogP contribution in [-0.2, 0) is 4.79 Å². The first-order valence-corrected chi connectivity index (χ1v) is 11.1. The number of hydrogen-bond acceptors (Lipinski definition) is 5. The van der Waals surface area contributed by atoms with Crippen LogP contribution in [0.3, 0.4) is 0 Å². The zero-order valence-corrected chi connectivity index (χ0v) is 18.6. The Kier molecular flexibility index (Phi) is 6.47. The lowest BCUT2D eigenvalue weighted by Crippen LogP contribution is -2.15. The Hall–Kier alpha value is -3.71. The maximum Gasteiger partial charge on any atom is 0.234 e. The second kappa shape index (κ2) is 9.62. The molecule has 32 heavy (non-hydrogen) atoms. The van der Waals surface area contributed by atoms with E-state index in [9.17, 15) is 9.59 Å². The van der Waals surface area contributed by atoms with E-state index in [0.717, 1.165) is 16.8 Å². The predicted octanol–water partition coefficient (Wildman–Crippen LogP) is 5.18. The molecule has 1 N–H and O–H groups in total. The topological polar surface area (TPSA) is 76.9 Å². The number of thioether (sulfide) groups is 1. The van der Waals surface area contributed by atoms with Gasteiger partial charge in [-0.3, -0.25) is 14.2 Å². The van der Waals surface area contributed by atoms with Crippen LogP contribution >= 0.6 is 11.8 Å². The van der Waals surface area contributed by atoms with E-state index < -0.39 is 0 Å². The standard InChI is InChI=1S/C25H22N4O2S/c1-17-8-6-13-22(14-17)29-24(19-9-4-3-5-10-19)27-28-25(29)32-16-23(31)26-21-12-7-11-20(15-21)18(2)30/h3-15H,16H2,1-2H3,(H,26,31). The molecule has 0 fully saturated rings. The number of carbonyl (C=O) groups excluding carboxylic acids is 2. The molecule has 0 aliphatic carbocycles. The number of carbonyl (C=O) groups is 2. The number of nitrogens with one attached hydrogen (secondary N) is 1. The molecule has 0 atom stereocenters. The maximum atomic E-state index is 12.6. The minimum absolute atomic E-state index is 0.0461. The molecule has 0 aliphatic heterocycles. The van der Waals surface area contributed by atoms with Crippen molar-refractivity contribution in [2.24, 2.45) is 0 Å². The van der Waals surface area contributed by atoms with Crippen molar-refractivity contribution >= 4 is 29.1 Å². The number of Topliss-reactive ketones (excluding diaryl/α,β-unsaturated/α-hetero) is 1. The van der Waals surface area contributed by atoms with Crippen LogP contribution in [0.4, 0.5) is 5.69 Å². The number of nitrogens with zero attached hydrogens (tertiary/aromatic N) is 3. The molecule has 0 aliphatic rings. The monoisotopic (exact) mass is 442 g/mol. The lowest BCUT2D eigenvalue weighted by molar-refractivity contribution is -0.113. The summed E-state index contributed by atoms with van der Waals surface area (Å²) in [4.78, 5) is 24.1. The first-order chi connectivity index (χ1) is 15.5. The molecule has 0 unspecified atom stereocenters. The number of hydrogen-bond donors (Lipinski definition) is 1. The summed E-state index contributed by atoms with van der Waals surface area (Å²) in [5.74, 6) is 0.641. The summed E-state index contributed by atoms with van der Waals surface area (Å²) in [5.41, 5.74) is 4.15. The van der Waals surface area contributed by atoms with Gasteiger partial charge in [0.25, 0.3) is 0 Å². The molecule has 0 saturated heterocycles. The zero-order valence-electron chi connectivity index (χ0n) is 17.8. The van der Waals surface area contributed by atoms with E-state index in [1.807, 2.05) is 60.0 Å². The molecule has 7 heteroatoms. The van der Waals surface area contributed by atoms with Crippen LogP contribution in [0.25, 0.3) is 17.1 Å². The molecule has 4 rings (SSSR count). The molecule has 1 amide bonds. The average Bonchev–Trinajstić information content (AvgIpc) is 3.22. The fourth-order valence-corrected chi connectivity index (χ4v) is 4.03. The van der Waals surface area contributed by atoms with Gasteiger partial charge in [-0.05, 0) is 43.7 Å². The fourth-order valence-electron chi connectivity index (χ4n) is 3.28. The second-order valence-electron chi connectivity index (χ2n) is 7.32. The van der Waals surface area contributed by atoms with Crippen molar-refractivity contribution in [1.82, 2.24) is 14.8 Å². The lowest BCUT2D eigenvalue weighted by Gasteiger charge is -2.11. The van der Waals surface area contributed by atoms with Crippen LogP contribution in [0, 0.1) is 6.92 Å². The highest BCUT2D eigenvalue weighted by atomic mass is 32.2. The number of aryl methyl sites for hydroxylation is 1. The van der Waals surface area contributed by atoms with Crippen molar-refractivity contribution < 1.29 is 9.59 Å². The van der Waals surface area contributed by atoms with E-state index in [1.165, 1.54) is 18.7 Å². The molecule has 6 nitrogen and oxygen atoms in total. The van der Waals surface area contributed by atoms with E-state index in [-0.39, 0.29) is 17.4 Å². The Labute approximate surface area is 190 Å². The summed E-state index contributed by atoms with van der Waals surface area (Å²) in [7, 11) is 0. The predicted molar refractivity (Wildman–Crippen MR) is 127 cm³/mol. The highest BCUT2D eigenvalue weighted by Gasteiger charge is 2.17. The van der Waals surface area contributed by atoms with Gasteiger partial charge < -0.3 is 5.32 Å². The molecule has 0 saturated carbocycles. The highest BCUT2D eigenvalue weighted by molar-refractivity contribution is 7.99. The summed E-state index contributed by atoms with van der Waals surface area (Å²) < 4.78 is 1.97. The summed E-state index contributed by atoms with van der Waals surface area (Å²) in [6, 6.07) is 24.8. The van der Waals surface area contributed by atoms with Gasteiger partial charge in [0.15, 0.2) is 16.8 Å². The number of rotatable bonds is 7. The summed E-state index contributed by atoms with van der Waals surface area (Å²) in [6.07, 6.45) is 0. The van der Waals surface area contributed by atoms with Crippen molar-refractivity contribution in [3.8, 4) is 17.1 Å². The number of aromatic nitrogens is 3. The van der Waals surface area contributed by atoms with Gasteiger partial charge in [-0.2, -0.15) is 0 Å². The molecule has 4 aromatic rings. The summed E-state index contributed by atoms with van der Waals surface area (Å²) in [6.45, 7) is 3.53. The largest absolute Gasteiger partial charge is 0.325 e. The molecule has 160 valence electrons. The summed E-state index contributed by atoms with van der Waals surface area (Å²) >= 11 is 1.31. The number of ketones is 1. The Morgan fingerprint density at radius 3 is 2.47 bits per heavy atom. The number of amides is 1. The Morgan fingerprint density at radius 1 is 0.938 bits per heavy atom. The van der Waals surface area contributed by atoms with Gasteiger partial charge in [-0.15, -0.1) is 10.2 Å². The van der Waals surface area contributed by atoms with Gasteiger partial charge in [0.05, 0.1) is 5.75 Å². The minimum atomic E-state index is -0.184. The van der Waals surface area contributed by atoms with E-state index in [0.29, 0.717) is 22.2 Å². The quantitative estimate of drug-likeness (QED) is 0.315. The Bertz CT molecular complexity index is 1270. The van der Waals surface area contributed by atoms with Crippen LogP contribution in [0.2, 0.25) is 0 Å². The van der Waals surface area contributed by atoms with E-state index in [2.05, 4.69) is 21.6 Å². The van der Waals surface area contributed by atoms with Crippen molar-refractivity contribution in [2.75, 3.05) is 11.1 Å². The van der Waals surface area contributed by atoms with Gasteiger partial charge in [-0.25, -0.2) is 0 Å². The Balaban J connectivity index is 1.57. The van der Waals surface area contributed by atoms with Gasteiger partial charge in [0.1, 0.15) is 0 Å². The number of benzene rings is 3. The molecular formula is C25H22N4O2S. The summed E-state index contributed by atoms with van der Waals surface area (Å²) in [5, 5.41) is 12.2. The average molecular weight is 443 g/mol. The molecule has 1 heterocycles. The maximum absolute atomic E-state index is 12.6. The lowest BCUT2D eigenvalue weighted by atomic mass is 10.1. The third-order valence-electron chi connectivity index (χ3n) is 4.81. The van der Waals surface area contributed by atoms with Gasteiger partial charge >= 0.3 is 0 Å². The molecule has 1 aromatic heterocycles. The third kappa shape index (κ3) is 4.95. The normalized spacial score (nSPS) is 10.7. The van der Waals surface area contributed by atoms with Gasteiger partial charge in [0.2, 0.25) is 5.91 Å². The molecule has 3 aromatic carbocycles. The van der Waals surface area contributed by atoms with Crippen LogP contribution < -0.4 is 5.32 Å². The molecule has 0 bridgehead atoms. The third-order valence-corrected chi connectivity index (χ3v) is 5.74. The smallest absolute Gasteiger partial charge is 0.234 e. The fraction of sp³-hybridized carbons (Fsp3) is 0.120. The zero-order chi connectivity index (χ0) is 22.5. The van der Waals surface area contributed by atoms with Crippen molar-refractivity contribution in [1.29, 1.82) is 0 Å². The first kappa shape index (κ1) is 21.5. The molecule has 0 radical (unpaired) electrons. The van der Waals surface area contributed by atoms with Crippen LogP contribution in [0.5, 0.6) is 0 Å². The molecular weight excluding hydrogens is 420 g/mol. The number of anilines is 1. The Morgan fingerprint density at radius 2 is 1.72 bits per heavy atom. The SMILES string of the molecule is CC(=O)c1cccc(NC(=O)CSc2nnc(-c3ccccc3)n2-c2cccc(C)c2)c1. The van der Waals surface area contributed by atoms with Crippen molar-refractivity contribution in [2.45, 2.75) is 19.0 Å². The highest BCUT2D eigenvalue weighted by Crippen LogP contribution is 2.28. The van der Waals surface area contributed by atoms with E-state index in [1.54, 1.807) is 24.3 Å². The molecule has 0 spiro atoms. The van der Waals surface area contributed by atoms with E-state index >= 15 is 0 Å². The van der Waals surface area contributed by atoms with Crippen molar-refractivity contribution in [3.05, 3.63) is 90.0 Å².